The van der Waals surface area contributed by atoms with Gasteiger partial charge >= 0.3 is 11.9 Å². The lowest BCUT2D eigenvalue weighted by Gasteiger charge is -2.23. The number of benzene rings is 2. The van der Waals surface area contributed by atoms with Gasteiger partial charge in [-0.25, -0.2) is 9.78 Å². The summed E-state index contributed by atoms with van der Waals surface area (Å²) < 4.78 is 10.3. The molecule has 1 aliphatic rings. The number of methoxy groups -OCH3 is 1. The molecule has 0 radical (unpaired) electrons. The first-order chi connectivity index (χ1) is 16.8. The molecule has 0 spiro atoms. The number of aromatic nitrogens is 1. The molecule has 9 heteroatoms. The average molecular weight is 493 g/mol. The van der Waals surface area contributed by atoms with E-state index in [-0.39, 0.29) is 21.3 Å². The molecule has 2 heterocycles. The van der Waals surface area contributed by atoms with Crippen LogP contribution in [-0.2, 0) is 14.3 Å². The second kappa shape index (κ2) is 9.71. The molecule has 0 bridgehead atoms. The third kappa shape index (κ3) is 4.42. The first-order valence-corrected chi connectivity index (χ1v) is 11.7. The van der Waals surface area contributed by atoms with E-state index in [1.165, 1.54) is 12.0 Å². The molecular formula is C26H24N2O6S. The van der Waals surface area contributed by atoms with E-state index >= 15 is 0 Å². The van der Waals surface area contributed by atoms with Gasteiger partial charge in [-0.1, -0.05) is 41.2 Å². The summed E-state index contributed by atoms with van der Waals surface area (Å²) in [6.45, 7) is 5.91. The molecule has 1 aromatic heterocycles. The summed E-state index contributed by atoms with van der Waals surface area (Å²) in [6.07, 6.45) is 0. The summed E-state index contributed by atoms with van der Waals surface area (Å²) >= 11 is 0.960. The van der Waals surface area contributed by atoms with Gasteiger partial charge in [0.25, 0.3) is 5.78 Å². The van der Waals surface area contributed by atoms with Crippen LogP contribution in [0.15, 0.2) is 54.1 Å². The van der Waals surface area contributed by atoms with Gasteiger partial charge in [-0.3, -0.25) is 14.5 Å². The SMILES string of the molecule is CCOc1ccc(C(O)=C2C(=O)C(=O)N(c3nc(C)c(C(=O)OC)s3)[C@@H]2c2ccc(C)cc2)cc1. The van der Waals surface area contributed by atoms with Crippen molar-refractivity contribution >= 4 is 39.9 Å². The maximum Gasteiger partial charge on any atom is 0.350 e. The predicted molar refractivity (Wildman–Crippen MR) is 132 cm³/mol. The number of ether oxygens (including phenoxy) is 2. The number of nitrogens with zero attached hydrogens (tertiary/aromatic N) is 2. The molecule has 0 aliphatic carbocycles. The van der Waals surface area contributed by atoms with Crippen LogP contribution in [0.1, 0.15) is 45.0 Å². The van der Waals surface area contributed by atoms with Crippen LogP contribution in [-0.4, -0.2) is 41.5 Å². The zero-order valence-electron chi connectivity index (χ0n) is 19.7. The number of thiazole rings is 1. The third-order valence-electron chi connectivity index (χ3n) is 5.64. The number of ketones is 1. The molecule has 0 saturated carbocycles. The van der Waals surface area contributed by atoms with E-state index in [9.17, 15) is 19.5 Å². The minimum Gasteiger partial charge on any atom is -0.507 e. The predicted octanol–water partition coefficient (Wildman–Crippen LogP) is 4.57. The Labute approximate surface area is 206 Å². The molecule has 1 aliphatic heterocycles. The van der Waals surface area contributed by atoms with Gasteiger partial charge in [0, 0.05) is 5.56 Å². The molecule has 35 heavy (non-hydrogen) atoms. The molecule has 1 N–H and O–H groups in total. The van der Waals surface area contributed by atoms with Crippen LogP contribution in [0.3, 0.4) is 0 Å². The molecule has 1 atom stereocenters. The number of carbonyl (C=O) groups excluding carboxylic acids is 3. The van der Waals surface area contributed by atoms with E-state index in [1.807, 2.05) is 26.0 Å². The van der Waals surface area contributed by atoms with Crippen molar-refractivity contribution in [2.24, 2.45) is 0 Å². The Morgan fingerprint density at radius 1 is 1.09 bits per heavy atom. The van der Waals surface area contributed by atoms with Gasteiger partial charge in [-0.05, 0) is 50.6 Å². The number of hydrogen-bond acceptors (Lipinski definition) is 8. The Bertz CT molecular complexity index is 1320. The number of aryl methyl sites for hydroxylation is 2. The molecule has 180 valence electrons. The lowest BCUT2D eigenvalue weighted by Crippen LogP contribution is -2.29. The average Bonchev–Trinajstić information content (AvgIpc) is 3.36. The number of anilines is 1. The number of aliphatic hydroxyl groups is 1. The van der Waals surface area contributed by atoms with Gasteiger partial charge in [0.15, 0.2) is 5.13 Å². The molecule has 1 amide bonds. The molecule has 1 fully saturated rings. The van der Waals surface area contributed by atoms with Crippen molar-refractivity contribution in [2.75, 3.05) is 18.6 Å². The smallest absolute Gasteiger partial charge is 0.350 e. The minimum atomic E-state index is -0.932. The van der Waals surface area contributed by atoms with Crippen molar-refractivity contribution in [3.8, 4) is 5.75 Å². The summed E-state index contributed by atoms with van der Waals surface area (Å²) in [6, 6.07) is 13.0. The standard InChI is InChI=1S/C26H24N2O6S/c1-5-34-18-12-10-17(11-13-18)21(29)19-20(16-8-6-14(2)7-9-16)28(24(31)22(19)30)26-27-15(3)23(35-26)25(32)33-4/h6-13,20,29H,5H2,1-4H3/t20-/m1/s1. The zero-order chi connectivity index (χ0) is 25.3. The van der Waals surface area contributed by atoms with E-state index in [0.717, 1.165) is 16.9 Å². The Hall–Kier alpha value is -3.98. The molecule has 2 aromatic carbocycles. The lowest BCUT2D eigenvalue weighted by atomic mass is 9.95. The van der Waals surface area contributed by atoms with E-state index in [0.29, 0.717) is 29.2 Å². The number of amides is 1. The van der Waals surface area contributed by atoms with Crippen LogP contribution in [0.25, 0.3) is 5.76 Å². The second-order valence-corrected chi connectivity index (χ2v) is 8.92. The molecule has 4 rings (SSSR count). The van der Waals surface area contributed by atoms with Gasteiger partial charge in [0.05, 0.1) is 31.0 Å². The van der Waals surface area contributed by atoms with Gasteiger partial charge in [0.2, 0.25) is 0 Å². The fourth-order valence-corrected chi connectivity index (χ4v) is 4.90. The quantitative estimate of drug-likeness (QED) is 0.232. The largest absolute Gasteiger partial charge is 0.507 e. The number of Topliss-reactive ketones (excluding diaryl/α,β-unsaturated/α-hetero) is 1. The van der Waals surface area contributed by atoms with Gasteiger partial charge < -0.3 is 14.6 Å². The number of aliphatic hydroxyl groups excluding tert-OH is 1. The highest BCUT2D eigenvalue weighted by Crippen LogP contribution is 2.44. The Kier molecular flexibility index (Phi) is 6.70. The van der Waals surface area contributed by atoms with Crippen LogP contribution in [0.4, 0.5) is 5.13 Å². The van der Waals surface area contributed by atoms with Crippen LogP contribution in [0.5, 0.6) is 5.75 Å². The molecule has 1 saturated heterocycles. The summed E-state index contributed by atoms with van der Waals surface area (Å²) in [7, 11) is 1.26. The van der Waals surface area contributed by atoms with E-state index < -0.39 is 23.7 Å². The number of hydrogen-bond donors (Lipinski definition) is 1. The van der Waals surface area contributed by atoms with Gasteiger partial charge in [0.1, 0.15) is 16.4 Å². The highest BCUT2D eigenvalue weighted by molar-refractivity contribution is 7.17. The van der Waals surface area contributed by atoms with Crippen molar-refractivity contribution in [3.63, 3.8) is 0 Å². The molecule has 3 aromatic rings. The Morgan fingerprint density at radius 2 is 1.74 bits per heavy atom. The van der Waals surface area contributed by atoms with Crippen molar-refractivity contribution in [1.29, 1.82) is 0 Å². The van der Waals surface area contributed by atoms with Crippen LogP contribution in [0, 0.1) is 13.8 Å². The Balaban J connectivity index is 1.89. The number of rotatable bonds is 6. The highest BCUT2D eigenvalue weighted by Gasteiger charge is 2.48. The van der Waals surface area contributed by atoms with Crippen LogP contribution < -0.4 is 9.64 Å². The van der Waals surface area contributed by atoms with Crippen molar-refractivity contribution in [3.05, 3.63) is 81.4 Å². The third-order valence-corrected chi connectivity index (χ3v) is 6.78. The van der Waals surface area contributed by atoms with Crippen molar-refractivity contribution in [2.45, 2.75) is 26.8 Å². The van der Waals surface area contributed by atoms with E-state index in [4.69, 9.17) is 9.47 Å². The second-order valence-electron chi connectivity index (χ2n) is 7.94. The normalized spacial score (nSPS) is 17.0. The highest BCUT2D eigenvalue weighted by atomic mass is 32.1. The summed E-state index contributed by atoms with van der Waals surface area (Å²) in [5, 5.41) is 11.4. The first-order valence-electron chi connectivity index (χ1n) is 10.9. The van der Waals surface area contributed by atoms with Gasteiger partial charge in [-0.2, -0.15) is 0 Å². The topological polar surface area (TPSA) is 106 Å². The zero-order valence-corrected chi connectivity index (χ0v) is 20.5. The summed E-state index contributed by atoms with van der Waals surface area (Å²) in [5.41, 5.74) is 2.31. The van der Waals surface area contributed by atoms with Crippen molar-refractivity contribution in [1.82, 2.24) is 4.98 Å². The summed E-state index contributed by atoms with van der Waals surface area (Å²) in [4.78, 5) is 44.5. The molecule has 0 unspecified atom stereocenters. The van der Waals surface area contributed by atoms with Gasteiger partial charge in [-0.15, -0.1) is 0 Å². The fourth-order valence-electron chi connectivity index (χ4n) is 3.89. The van der Waals surface area contributed by atoms with Crippen LogP contribution in [0.2, 0.25) is 0 Å². The van der Waals surface area contributed by atoms with E-state index in [2.05, 4.69) is 4.98 Å². The molecule has 8 nitrogen and oxygen atoms in total. The lowest BCUT2D eigenvalue weighted by molar-refractivity contribution is -0.132. The van der Waals surface area contributed by atoms with Crippen molar-refractivity contribution < 1.29 is 29.0 Å². The monoisotopic (exact) mass is 492 g/mol. The van der Waals surface area contributed by atoms with Crippen LogP contribution >= 0.6 is 11.3 Å². The Morgan fingerprint density at radius 3 is 2.34 bits per heavy atom. The maximum atomic E-state index is 13.3. The first kappa shape index (κ1) is 24.2. The minimum absolute atomic E-state index is 0.0597. The molecular weight excluding hydrogens is 468 g/mol. The fraction of sp³-hybridized carbons (Fsp3) is 0.231. The van der Waals surface area contributed by atoms with E-state index in [1.54, 1.807) is 43.3 Å². The number of esters is 1. The summed E-state index contributed by atoms with van der Waals surface area (Å²) in [5.74, 6) is -1.94. The number of carbonyl (C=O) groups is 3. The maximum absolute atomic E-state index is 13.3.